The second-order valence-corrected chi connectivity index (χ2v) is 7.59. The maximum atomic E-state index is 13.0. The average molecular weight is 373 g/mol. The summed E-state index contributed by atoms with van der Waals surface area (Å²) in [6.45, 7) is 5.60. The van der Waals surface area contributed by atoms with Gasteiger partial charge < -0.3 is 9.47 Å². The predicted octanol–water partition coefficient (Wildman–Crippen LogP) is 4.55. The predicted molar refractivity (Wildman–Crippen MR) is 104 cm³/mol. The number of carbonyl (C=O) groups excluding carboxylic acids is 2. The lowest BCUT2D eigenvalue weighted by Crippen LogP contribution is -2.49. The highest BCUT2D eigenvalue weighted by Crippen LogP contribution is 2.35. The fourth-order valence-corrected chi connectivity index (χ4v) is 4.18. The fraction of sp³-hybridized carbons (Fsp3) is 0.636. The summed E-state index contributed by atoms with van der Waals surface area (Å²) >= 11 is 0. The van der Waals surface area contributed by atoms with Gasteiger partial charge in [0.2, 0.25) is 0 Å². The van der Waals surface area contributed by atoms with E-state index in [9.17, 15) is 9.59 Å². The Morgan fingerprint density at radius 2 is 1.63 bits per heavy atom. The largest absolute Gasteiger partial charge is 0.350 e. The van der Waals surface area contributed by atoms with Gasteiger partial charge in [-0.1, -0.05) is 45.2 Å². The first-order chi connectivity index (χ1) is 13.1. The van der Waals surface area contributed by atoms with E-state index in [2.05, 4.69) is 13.8 Å². The summed E-state index contributed by atoms with van der Waals surface area (Å²) in [6, 6.07) is 6.89. The Hall–Kier alpha value is -1.72. The molecule has 0 aromatic heterocycles. The van der Waals surface area contributed by atoms with Gasteiger partial charge in [-0.15, -0.1) is 0 Å². The maximum Gasteiger partial charge on any atom is 0.261 e. The first-order valence-corrected chi connectivity index (χ1v) is 10.4. The van der Waals surface area contributed by atoms with Gasteiger partial charge in [0.05, 0.1) is 24.3 Å². The van der Waals surface area contributed by atoms with Crippen LogP contribution in [0.1, 0.15) is 85.9 Å². The van der Waals surface area contributed by atoms with Crippen LogP contribution in [0.5, 0.6) is 0 Å². The Kier molecular flexibility index (Phi) is 6.66. The molecule has 1 aromatic rings. The second-order valence-electron chi connectivity index (χ2n) is 7.59. The number of rotatable bonds is 9. The van der Waals surface area contributed by atoms with Crippen molar-refractivity contribution < 1.29 is 19.1 Å². The van der Waals surface area contributed by atoms with Crippen molar-refractivity contribution in [3.8, 4) is 0 Å². The number of fused-ring (bicyclic) bond motifs is 1. The van der Waals surface area contributed by atoms with E-state index in [0.717, 1.165) is 44.9 Å². The van der Waals surface area contributed by atoms with Crippen molar-refractivity contribution >= 4 is 11.8 Å². The molecule has 1 saturated heterocycles. The lowest BCUT2D eigenvalue weighted by Gasteiger charge is -2.41. The molecule has 1 unspecified atom stereocenters. The SMILES string of the molecule is CCCCCC1(CC(CCC)N2C(=O)c3ccccc3C2=O)OCCCO1. The molecule has 2 aliphatic rings. The summed E-state index contributed by atoms with van der Waals surface area (Å²) in [5.74, 6) is -1.05. The second kappa shape index (κ2) is 8.98. The van der Waals surface area contributed by atoms with Gasteiger partial charge in [0, 0.05) is 18.9 Å². The molecule has 0 saturated carbocycles. The van der Waals surface area contributed by atoms with E-state index >= 15 is 0 Å². The Morgan fingerprint density at radius 3 is 2.19 bits per heavy atom. The number of amides is 2. The topological polar surface area (TPSA) is 55.8 Å². The van der Waals surface area contributed by atoms with Crippen molar-refractivity contribution in [1.29, 1.82) is 0 Å². The van der Waals surface area contributed by atoms with Gasteiger partial charge in [0.15, 0.2) is 5.79 Å². The molecule has 0 aliphatic carbocycles. The smallest absolute Gasteiger partial charge is 0.261 e. The highest BCUT2D eigenvalue weighted by atomic mass is 16.7. The van der Waals surface area contributed by atoms with Gasteiger partial charge in [-0.05, 0) is 31.4 Å². The zero-order chi connectivity index (χ0) is 19.3. The molecule has 1 fully saturated rings. The van der Waals surface area contributed by atoms with Crippen LogP contribution in [0.2, 0.25) is 0 Å². The number of hydrogen-bond acceptors (Lipinski definition) is 4. The van der Waals surface area contributed by atoms with Crippen molar-refractivity contribution in [3.05, 3.63) is 35.4 Å². The molecule has 0 spiro atoms. The number of imide groups is 1. The molecule has 0 bridgehead atoms. The molecule has 2 amide bonds. The standard InChI is InChI=1S/C22H31NO4/c1-3-5-8-13-22(26-14-9-15-27-22)16-17(10-4-2)23-20(24)18-11-6-7-12-19(18)21(23)25/h6-7,11-12,17H,3-5,8-10,13-16H2,1-2H3. The molecule has 27 heavy (non-hydrogen) atoms. The molecule has 5 nitrogen and oxygen atoms in total. The summed E-state index contributed by atoms with van der Waals surface area (Å²) in [6.07, 6.45) is 7.18. The third kappa shape index (κ3) is 4.25. The summed E-state index contributed by atoms with van der Waals surface area (Å²) in [4.78, 5) is 27.4. The molecule has 0 N–H and O–H groups in total. The molecule has 2 aliphatic heterocycles. The molecule has 3 rings (SSSR count). The van der Waals surface area contributed by atoms with Gasteiger partial charge >= 0.3 is 0 Å². The van der Waals surface area contributed by atoms with Crippen molar-refractivity contribution in [2.24, 2.45) is 0 Å². The summed E-state index contributed by atoms with van der Waals surface area (Å²) < 4.78 is 12.2. The molecule has 1 aromatic carbocycles. The van der Waals surface area contributed by atoms with Crippen LogP contribution in [-0.4, -0.2) is 41.8 Å². The Balaban J connectivity index is 1.82. The molecule has 2 heterocycles. The van der Waals surface area contributed by atoms with Gasteiger partial charge in [-0.2, -0.15) is 0 Å². The minimum absolute atomic E-state index is 0.187. The van der Waals surface area contributed by atoms with Gasteiger partial charge in [-0.25, -0.2) is 0 Å². The summed E-state index contributed by atoms with van der Waals surface area (Å²) in [5, 5.41) is 0. The molecular weight excluding hydrogens is 342 g/mol. The maximum absolute atomic E-state index is 13.0. The molecule has 148 valence electrons. The molecule has 5 heteroatoms. The third-order valence-corrected chi connectivity index (χ3v) is 5.54. The average Bonchev–Trinajstić information content (AvgIpc) is 2.93. The normalized spacial score (nSPS) is 20.0. The van der Waals surface area contributed by atoms with E-state index in [4.69, 9.17) is 9.47 Å². The quantitative estimate of drug-likeness (QED) is 0.470. The molecule has 1 atom stereocenters. The van der Waals surface area contributed by atoms with E-state index in [-0.39, 0.29) is 17.9 Å². The Labute approximate surface area is 162 Å². The van der Waals surface area contributed by atoms with Crippen molar-refractivity contribution in [1.82, 2.24) is 4.90 Å². The third-order valence-electron chi connectivity index (χ3n) is 5.54. The highest BCUT2D eigenvalue weighted by molar-refractivity contribution is 6.21. The lowest BCUT2D eigenvalue weighted by molar-refractivity contribution is -0.278. The number of benzene rings is 1. The van der Waals surface area contributed by atoms with Crippen molar-refractivity contribution in [2.45, 2.75) is 77.0 Å². The minimum atomic E-state index is -0.678. The summed E-state index contributed by atoms with van der Waals surface area (Å²) in [7, 11) is 0. The first kappa shape index (κ1) is 20.0. The van der Waals surface area contributed by atoms with E-state index < -0.39 is 5.79 Å². The van der Waals surface area contributed by atoms with Crippen LogP contribution >= 0.6 is 0 Å². The fourth-order valence-electron chi connectivity index (χ4n) is 4.18. The number of hydrogen-bond donors (Lipinski definition) is 0. The molecular formula is C22H31NO4. The van der Waals surface area contributed by atoms with E-state index in [1.807, 2.05) is 12.1 Å². The van der Waals surface area contributed by atoms with Crippen LogP contribution in [0.15, 0.2) is 24.3 Å². The highest BCUT2D eigenvalue weighted by Gasteiger charge is 2.44. The van der Waals surface area contributed by atoms with Crippen LogP contribution in [-0.2, 0) is 9.47 Å². The zero-order valence-corrected chi connectivity index (χ0v) is 16.5. The first-order valence-electron chi connectivity index (χ1n) is 10.4. The van der Waals surface area contributed by atoms with Crippen LogP contribution in [0, 0.1) is 0 Å². The van der Waals surface area contributed by atoms with E-state index in [1.165, 1.54) is 4.90 Å². The number of carbonyl (C=O) groups is 2. The summed E-state index contributed by atoms with van der Waals surface area (Å²) in [5.41, 5.74) is 1.02. The lowest BCUT2D eigenvalue weighted by atomic mass is 9.95. The minimum Gasteiger partial charge on any atom is -0.350 e. The van der Waals surface area contributed by atoms with Crippen LogP contribution in [0.4, 0.5) is 0 Å². The monoisotopic (exact) mass is 373 g/mol. The van der Waals surface area contributed by atoms with Gasteiger partial charge in [0.25, 0.3) is 11.8 Å². The Morgan fingerprint density at radius 1 is 1.00 bits per heavy atom. The van der Waals surface area contributed by atoms with Gasteiger partial charge in [-0.3, -0.25) is 14.5 Å². The van der Waals surface area contributed by atoms with E-state index in [1.54, 1.807) is 12.1 Å². The van der Waals surface area contributed by atoms with Crippen LogP contribution in [0.3, 0.4) is 0 Å². The number of ether oxygens (including phenoxy) is 2. The van der Waals surface area contributed by atoms with Crippen molar-refractivity contribution in [3.63, 3.8) is 0 Å². The number of nitrogens with zero attached hydrogens (tertiary/aromatic N) is 1. The van der Waals surface area contributed by atoms with Crippen molar-refractivity contribution in [2.75, 3.05) is 13.2 Å². The van der Waals surface area contributed by atoms with Crippen LogP contribution in [0.25, 0.3) is 0 Å². The van der Waals surface area contributed by atoms with E-state index in [0.29, 0.717) is 30.8 Å². The van der Waals surface area contributed by atoms with Crippen LogP contribution < -0.4 is 0 Å². The Bertz CT molecular complexity index is 631. The zero-order valence-electron chi connectivity index (χ0n) is 16.5. The number of unbranched alkanes of at least 4 members (excludes halogenated alkanes) is 2. The molecule has 0 radical (unpaired) electrons. The van der Waals surface area contributed by atoms with Gasteiger partial charge in [0.1, 0.15) is 0 Å².